The molecule has 3 heteroatoms. The van der Waals surface area contributed by atoms with Crippen molar-refractivity contribution >= 4 is 5.78 Å². The van der Waals surface area contributed by atoms with Gasteiger partial charge in [-0.1, -0.05) is 39.8 Å². The van der Waals surface area contributed by atoms with Crippen LogP contribution in [0, 0.1) is 11.8 Å². The van der Waals surface area contributed by atoms with E-state index in [2.05, 4.69) is 34.3 Å². The number of carbonyl (C=O) groups is 1. The van der Waals surface area contributed by atoms with E-state index < -0.39 is 0 Å². The van der Waals surface area contributed by atoms with E-state index in [4.69, 9.17) is 9.47 Å². The van der Waals surface area contributed by atoms with Gasteiger partial charge in [-0.2, -0.15) is 0 Å². The summed E-state index contributed by atoms with van der Waals surface area (Å²) in [6.45, 7) is 15.4. The van der Waals surface area contributed by atoms with Gasteiger partial charge in [0, 0.05) is 12.3 Å². The minimum Gasteiger partial charge on any atom is -0.370 e. The van der Waals surface area contributed by atoms with Crippen molar-refractivity contribution in [2.45, 2.75) is 96.9 Å². The van der Waals surface area contributed by atoms with Crippen LogP contribution in [0.15, 0.2) is 12.2 Å². The number of carbonyl (C=O) groups excluding carboxylic acids is 1. The molecule has 4 atom stereocenters. The van der Waals surface area contributed by atoms with Crippen LogP contribution < -0.4 is 0 Å². The molecule has 2 saturated heterocycles. The maximum atomic E-state index is 12.3. The maximum absolute atomic E-state index is 12.3. The van der Waals surface area contributed by atoms with Crippen molar-refractivity contribution in [2.75, 3.05) is 6.61 Å². The highest BCUT2D eigenvalue weighted by Crippen LogP contribution is 2.46. The molecular formula is C21H36O3. The maximum Gasteiger partial charge on any atom is 0.139 e. The molecule has 2 bridgehead atoms. The zero-order valence-corrected chi connectivity index (χ0v) is 16.3. The van der Waals surface area contributed by atoms with Gasteiger partial charge < -0.3 is 9.47 Å². The smallest absolute Gasteiger partial charge is 0.139 e. The van der Waals surface area contributed by atoms with Crippen LogP contribution in [0.3, 0.4) is 0 Å². The van der Waals surface area contributed by atoms with Crippen molar-refractivity contribution in [3.63, 3.8) is 0 Å². The van der Waals surface area contributed by atoms with Gasteiger partial charge in [-0.25, -0.2) is 0 Å². The molecule has 2 fully saturated rings. The molecule has 0 aromatic carbocycles. The SMILES string of the molecule is C=C(CC(=O)C(C)CCCC1(C)OC[C@]2(CC)CCC1O2)C(C)C. The summed E-state index contributed by atoms with van der Waals surface area (Å²) in [5, 5.41) is 0. The molecule has 0 N–H and O–H groups in total. The average molecular weight is 337 g/mol. The molecule has 0 spiro atoms. The average Bonchev–Trinajstić information content (AvgIpc) is 2.93. The monoisotopic (exact) mass is 336 g/mol. The van der Waals surface area contributed by atoms with E-state index in [0.29, 0.717) is 18.1 Å². The summed E-state index contributed by atoms with van der Waals surface area (Å²) < 4.78 is 12.6. The summed E-state index contributed by atoms with van der Waals surface area (Å²) in [5.74, 6) is 0.812. The Morgan fingerprint density at radius 3 is 2.67 bits per heavy atom. The summed E-state index contributed by atoms with van der Waals surface area (Å²) in [6.07, 6.45) is 6.91. The Balaban J connectivity index is 1.77. The summed E-state index contributed by atoms with van der Waals surface area (Å²) in [6, 6.07) is 0. The van der Waals surface area contributed by atoms with E-state index in [0.717, 1.165) is 50.7 Å². The third kappa shape index (κ3) is 4.29. The molecule has 3 unspecified atom stereocenters. The van der Waals surface area contributed by atoms with E-state index in [-0.39, 0.29) is 23.2 Å². The first-order valence-electron chi connectivity index (χ1n) is 9.73. The van der Waals surface area contributed by atoms with Gasteiger partial charge in [0.1, 0.15) is 5.78 Å². The number of Topliss-reactive ketones (excluding diaryl/α,β-unsaturated/α-hetero) is 1. The Morgan fingerprint density at radius 1 is 1.33 bits per heavy atom. The van der Waals surface area contributed by atoms with Gasteiger partial charge in [0.15, 0.2) is 0 Å². The second kappa shape index (κ2) is 7.70. The van der Waals surface area contributed by atoms with Crippen LogP contribution >= 0.6 is 0 Å². The molecule has 2 aliphatic heterocycles. The van der Waals surface area contributed by atoms with Gasteiger partial charge in [0.2, 0.25) is 0 Å². The van der Waals surface area contributed by atoms with E-state index in [1.54, 1.807) is 0 Å². The molecule has 24 heavy (non-hydrogen) atoms. The second-order valence-electron chi connectivity index (χ2n) is 8.53. The highest BCUT2D eigenvalue weighted by Gasteiger charge is 2.52. The molecule has 0 aromatic heterocycles. The molecule has 2 heterocycles. The molecule has 0 aromatic rings. The van der Waals surface area contributed by atoms with Crippen molar-refractivity contribution in [3.8, 4) is 0 Å². The van der Waals surface area contributed by atoms with Crippen LogP contribution in [-0.2, 0) is 14.3 Å². The fourth-order valence-electron chi connectivity index (χ4n) is 3.86. The molecule has 0 saturated carbocycles. The summed E-state index contributed by atoms with van der Waals surface area (Å²) in [5.41, 5.74) is 0.842. The van der Waals surface area contributed by atoms with Crippen LogP contribution in [0.4, 0.5) is 0 Å². The topological polar surface area (TPSA) is 35.5 Å². The fraction of sp³-hybridized carbons (Fsp3) is 0.857. The quantitative estimate of drug-likeness (QED) is 0.551. The third-order valence-electron chi connectivity index (χ3n) is 6.32. The second-order valence-corrected chi connectivity index (χ2v) is 8.53. The van der Waals surface area contributed by atoms with Crippen molar-refractivity contribution in [3.05, 3.63) is 12.2 Å². The number of ether oxygens (including phenoxy) is 2. The van der Waals surface area contributed by atoms with Crippen molar-refractivity contribution in [1.82, 2.24) is 0 Å². The third-order valence-corrected chi connectivity index (χ3v) is 6.32. The zero-order chi connectivity index (χ0) is 18.0. The van der Waals surface area contributed by atoms with Gasteiger partial charge in [-0.15, -0.1) is 0 Å². The van der Waals surface area contributed by atoms with Crippen LogP contribution in [-0.4, -0.2) is 29.7 Å². The minimum absolute atomic E-state index is 0.0232. The number of hydrogen-bond donors (Lipinski definition) is 0. The predicted molar refractivity (Wildman–Crippen MR) is 98.1 cm³/mol. The lowest BCUT2D eigenvalue weighted by molar-refractivity contribution is -0.241. The lowest BCUT2D eigenvalue weighted by atomic mass is 9.87. The Bertz CT molecular complexity index is 470. The highest BCUT2D eigenvalue weighted by molar-refractivity contribution is 5.82. The number of allylic oxidation sites excluding steroid dienone is 1. The molecule has 0 radical (unpaired) electrons. The number of ketones is 1. The lowest BCUT2D eigenvalue weighted by Crippen LogP contribution is -2.52. The summed E-state index contributed by atoms with van der Waals surface area (Å²) in [7, 11) is 0. The predicted octanol–water partition coefficient (Wildman–Crippen LogP) is 5.08. The largest absolute Gasteiger partial charge is 0.370 e. The Hall–Kier alpha value is -0.670. The van der Waals surface area contributed by atoms with Gasteiger partial charge in [-0.05, 0) is 51.4 Å². The molecule has 3 nitrogen and oxygen atoms in total. The first-order chi connectivity index (χ1) is 11.2. The van der Waals surface area contributed by atoms with Crippen LogP contribution in [0.1, 0.15) is 79.6 Å². The minimum atomic E-state index is -0.181. The van der Waals surface area contributed by atoms with Crippen molar-refractivity contribution < 1.29 is 14.3 Å². The van der Waals surface area contributed by atoms with Crippen molar-refractivity contribution in [1.29, 1.82) is 0 Å². The molecule has 0 amide bonds. The fourth-order valence-corrected chi connectivity index (χ4v) is 3.86. The standard InChI is InChI=1S/C21H36O3/c1-7-21-12-10-19(24-21)20(6,23-14-21)11-8-9-16(4)18(22)13-17(5)15(2)3/h15-16,19H,5,7-14H2,1-4,6H3/t16?,19?,20?,21-/m0/s1. The van der Waals surface area contributed by atoms with E-state index >= 15 is 0 Å². The van der Waals surface area contributed by atoms with Crippen molar-refractivity contribution in [2.24, 2.45) is 11.8 Å². The molecule has 2 rings (SSSR count). The van der Waals surface area contributed by atoms with Crippen LogP contribution in [0.2, 0.25) is 0 Å². The van der Waals surface area contributed by atoms with Gasteiger partial charge in [0.25, 0.3) is 0 Å². The number of rotatable bonds is 9. The number of fused-ring (bicyclic) bond motifs is 2. The molecular weight excluding hydrogens is 300 g/mol. The lowest BCUT2D eigenvalue weighted by Gasteiger charge is -2.44. The first kappa shape index (κ1) is 19.7. The zero-order valence-electron chi connectivity index (χ0n) is 16.3. The highest BCUT2D eigenvalue weighted by atomic mass is 16.6. The van der Waals surface area contributed by atoms with E-state index in [9.17, 15) is 4.79 Å². The molecule has 2 aliphatic rings. The normalized spacial score (nSPS) is 33.7. The van der Waals surface area contributed by atoms with Gasteiger partial charge in [-0.3, -0.25) is 4.79 Å². The Kier molecular flexibility index (Phi) is 6.30. The van der Waals surface area contributed by atoms with E-state index in [1.165, 1.54) is 0 Å². The number of hydrogen-bond acceptors (Lipinski definition) is 3. The van der Waals surface area contributed by atoms with Crippen LogP contribution in [0.5, 0.6) is 0 Å². The van der Waals surface area contributed by atoms with E-state index in [1.807, 2.05) is 6.92 Å². The van der Waals surface area contributed by atoms with Gasteiger partial charge in [0.05, 0.1) is 23.9 Å². The Morgan fingerprint density at radius 2 is 2.04 bits per heavy atom. The Labute approximate surface area is 148 Å². The van der Waals surface area contributed by atoms with Crippen LogP contribution in [0.25, 0.3) is 0 Å². The molecule has 0 aliphatic carbocycles. The molecule has 138 valence electrons. The van der Waals surface area contributed by atoms with Gasteiger partial charge >= 0.3 is 0 Å². The summed E-state index contributed by atoms with van der Waals surface area (Å²) >= 11 is 0. The summed E-state index contributed by atoms with van der Waals surface area (Å²) in [4.78, 5) is 12.3. The first-order valence-corrected chi connectivity index (χ1v) is 9.73.